The minimum atomic E-state index is -4.91. The van der Waals surface area contributed by atoms with Crippen molar-refractivity contribution in [1.29, 1.82) is 0 Å². The molecule has 0 aliphatic carbocycles. The number of carbonyl (C=O) groups is 2. The summed E-state index contributed by atoms with van der Waals surface area (Å²) in [4.78, 5) is 24.2. The number of nitrogens with one attached hydrogen (secondary N) is 1. The van der Waals surface area contributed by atoms with Gasteiger partial charge in [-0.2, -0.15) is 13.2 Å². The van der Waals surface area contributed by atoms with Crippen LogP contribution in [0.2, 0.25) is 0 Å². The van der Waals surface area contributed by atoms with Crippen LogP contribution < -0.4 is 5.32 Å². The average Bonchev–Trinajstić information content (AvgIpc) is 2.68. The van der Waals surface area contributed by atoms with Gasteiger partial charge < -0.3 is 10.4 Å². The first kappa shape index (κ1) is 17.4. The number of hydrogen-bond donors (Lipinski definition) is 2. The summed E-state index contributed by atoms with van der Waals surface area (Å²) in [5, 5.41) is 11.1. The summed E-state index contributed by atoms with van der Waals surface area (Å²) in [6, 6.07) is 1.10. The highest BCUT2D eigenvalue weighted by molar-refractivity contribution is 9.10. The zero-order valence-electron chi connectivity index (χ0n) is 11.2. The number of benzene rings is 1. The SMILES string of the molecule is O=C1C=C(Nc2cc(C(F)(F)F)c(F)cc2Br)C(=O)N1CCO. The number of nitrogens with zero attached hydrogens (tertiary/aromatic N) is 1. The van der Waals surface area contributed by atoms with Crippen LogP contribution in [0.5, 0.6) is 0 Å². The minimum Gasteiger partial charge on any atom is -0.395 e. The molecule has 1 aromatic rings. The standard InChI is InChI=1S/C13H9BrF4N2O3/c14-7-4-8(15)6(13(16,17)18)3-9(7)19-10-5-11(22)20(1-2-21)12(10)23/h3-5,19,21H,1-2H2. The molecule has 0 bridgehead atoms. The molecule has 0 aromatic heterocycles. The molecule has 0 spiro atoms. The number of β-amino-alcohol motifs (C(OH)–C–C–N with tert-alkyl or cyclic N) is 1. The number of imide groups is 1. The third-order valence-corrected chi connectivity index (χ3v) is 3.62. The van der Waals surface area contributed by atoms with Crippen LogP contribution in [-0.4, -0.2) is 35.0 Å². The van der Waals surface area contributed by atoms with E-state index >= 15 is 0 Å². The molecule has 1 heterocycles. The van der Waals surface area contributed by atoms with Gasteiger partial charge >= 0.3 is 6.18 Å². The van der Waals surface area contributed by atoms with Crippen molar-refractivity contribution in [2.45, 2.75) is 6.18 Å². The summed E-state index contributed by atoms with van der Waals surface area (Å²) < 4.78 is 51.5. The van der Waals surface area contributed by atoms with E-state index in [1.807, 2.05) is 0 Å². The fraction of sp³-hybridized carbons (Fsp3) is 0.231. The van der Waals surface area contributed by atoms with E-state index in [0.29, 0.717) is 12.1 Å². The number of amides is 2. The second-order valence-electron chi connectivity index (χ2n) is 4.51. The lowest BCUT2D eigenvalue weighted by molar-refractivity contribution is -0.140. The van der Waals surface area contributed by atoms with Crippen LogP contribution in [0.3, 0.4) is 0 Å². The molecule has 1 aromatic carbocycles. The van der Waals surface area contributed by atoms with Gasteiger partial charge in [0.2, 0.25) is 0 Å². The van der Waals surface area contributed by atoms with Crippen LogP contribution in [0.25, 0.3) is 0 Å². The molecule has 10 heteroatoms. The molecule has 0 saturated heterocycles. The van der Waals surface area contributed by atoms with Crippen molar-refractivity contribution >= 4 is 33.4 Å². The molecular formula is C13H9BrF4N2O3. The van der Waals surface area contributed by atoms with Crippen LogP contribution in [0.4, 0.5) is 23.2 Å². The van der Waals surface area contributed by atoms with Gasteiger partial charge in [0, 0.05) is 10.5 Å². The first-order valence-electron chi connectivity index (χ1n) is 6.16. The van der Waals surface area contributed by atoms with Gasteiger partial charge in [0.05, 0.1) is 24.4 Å². The molecule has 23 heavy (non-hydrogen) atoms. The zero-order valence-corrected chi connectivity index (χ0v) is 12.8. The Morgan fingerprint density at radius 1 is 1.26 bits per heavy atom. The molecule has 2 rings (SSSR count). The summed E-state index contributed by atoms with van der Waals surface area (Å²) >= 11 is 2.89. The second-order valence-corrected chi connectivity index (χ2v) is 5.37. The van der Waals surface area contributed by atoms with E-state index in [1.165, 1.54) is 0 Å². The number of aliphatic hydroxyl groups excluding tert-OH is 1. The number of alkyl halides is 3. The van der Waals surface area contributed by atoms with Crippen LogP contribution in [-0.2, 0) is 15.8 Å². The number of rotatable bonds is 4. The third kappa shape index (κ3) is 3.53. The van der Waals surface area contributed by atoms with E-state index < -0.39 is 36.0 Å². The van der Waals surface area contributed by atoms with E-state index in [0.717, 1.165) is 11.0 Å². The van der Waals surface area contributed by atoms with Gasteiger partial charge in [-0.25, -0.2) is 4.39 Å². The monoisotopic (exact) mass is 396 g/mol. The first-order chi connectivity index (χ1) is 10.6. The topological polar surface area (TPSA) is 69.6 Å². The van der Waals surface area contributed by atoms with E-state index in [2.05, 4.69) is 21.2 Å². The van der Waals surface area contributed by atoms with Crippen LogP contribution in [0.15, 0.2) is 28.4 Å². The molecular weight excluding hydrogens is 388 g/mol. The van der Waals surface area contributed by atoms with Crippen LogP contribution in [0, 0.1) is 5.82 Å². The van der Waals surface area contributed by atoms with Gasteiger partial charge in [0.15, 0.2) is 0 Å². The molecule has 1 aliphatic rings. The Labute approximate surface area is 135 Å². The van der Waals surface area contributed by atoms with Crippen molar-refractivity contribution in [3.05, 3.63) is 39.8 Å². The highest BCUT2D eigenvalue weighted by Crippen LogP contribution is 2.37. The third-order valence-electron chi connectivity index (χ3n) is 2.96. The Kier molecular flexibility index (Phi) is 4.76. The van der Waals surface area contributed by atoms with Gasteiger partial charge in [0.25, 0.3) is 11.8 Å². The minimum absolute atomic E-state index is 0.0512. The first-order valence-corrected chi connectivity index (χ1v) is 6.96. The Balaban J connectivity index is 2.33. The van der Waals surface area contributed by atoms with E-state index in [9.17, 15) is 27.2 Å². The molecule has 0 radical (unpaired) electrons. The van der Waals surface area contributed by atoms with Gasteiger partial charge in [-0.15, -0.1) is 0 Å². The molecule has 0 fully saturated rings. The summed E-state index contributed by atoms with van der Waals surface area (Å²) in [5.74, 6) is -2.98. The Hall–Kier alpha value is -1.94. The fourth-order valence-corrected chi connectivity index (χ4v) is 2.33. The molecule has 1 aliphatic heterocycles. The molecule has 0 unspecified atom stereocenters. The lowest BCUT2D eigenvalue weighted by Gasteiger charge is -2.15. The molecule has 2 amide bonds. The summed E-state index contributed by atoms with van der Waals surface area (Å²) in [6.07, 6.45) is -4.02. The van der Waals surface area contributed by atoms with Crippen molar-refractivity contribution in [2.75, 3.05) is 18.5 Å². The van der Waals surface area contributed by atoms with Crippen molar-refractivity contribution in [2.24, 2.45) is 0 Å². The Bertz CT molecular complexity index is 703. The lowest BCUT2D eigenvalue weighted by atomic mass is 10.1. The average molecular weight is 397 g/mol. The van der Waals surface area contributed by atoms with E-state index in [-0.39, 0.29) is 22.4 Å². The van der Waals surface area contributed by atoms with Gasteiger partial charge in [-0.05, 0) is 28.1 Å². The molecule has 5 nitrogen and oxygen atoms in total. The van der Waals surface area contributed by atoms with Gasteiger partial charge in [-0.3, -0.25) is 14.5 Å². The molecule has 0 atom stereocenters. The second kappa shape index (κ2) is 6.28. The maximum atomic E-state index is 13.4. The van der Waals surface area contributed by atoms with Crippen molar-refractivity contribution in [1.82, 2.24) is 4.90 Å². The maximum absolute atomic E-state index is 13.4. The smallest absolute Gasteiger partial charge is 0.395 e. The zero-order chi connectivity index (χ0) is 17.4. The van der Waals surface area contributed by atoms with Gasteiger partial charge in [0.1, 0.15) is 11.5 Å². The molecule has 0 saturated carbocycles. The maximum Gasteiger partial charge on any atom is 0.419 e. The van der Waals surface area contributed by atoms with E-state index in [4.69, 9.17) is 5.11 Å². The number of anilines is 1. The van der Waals surface area contributed by atoms with Crippen LogP contribution in [0.1, 0.15) is 5.56 Å². The van der Waals surface area contributed by atoms with Gasteiger partial charge in [-0.1, -0.05) is 0 Å². The van der Waals surface area contributed by atoms with Crippen LogP contribution >= 0.6 is 15.9 Å². The lowest BCUT2D eigenvalue weighted by Crippen LogP contribution is -2.34. The summed E-state index contributed by atoms with van der Waals surface area (Å²) in [5.41, 5.74) is -2.01. The molecule has 124 valence electrons. The predicted octanol–water partition coefficient (Wildman–Crippen LogP) is 2.26. The van der Waals surface area contributed by atoms with Crippen molar-refractivity contribution in [3.8, 4) is 0 Å². The Morgan fingerprint density at radius 3 is 2.48 bits per heavy atom. The highest BCUT2D eigenvalue weighted by Gasteiger charge is 2.36. The normalized spacial score (nSPS) is 15.2. The molecule has 2 N–H and O–H groups in total. The largest absolute Gasteiger partial charge is 0.419 e. The summed E-state index contributed by atoms with van der Waals surface area (Å²) in [7, 11) is 0. The number of carbonyl (C=O) groups excluding carboxylic acids is 2. The number of aliphatic hydroxyl groups is 1. The number of hydrogen-bond acceptors (Lipinski definition) is 4. The van der Waals surface area contributed by atoms with E-state index in [1.54, 1.807) is 0 Å². The number of halogens is 5. The fourth-order valence-electron chi connectivity index (χ4n) is 1.92. The Morgan fingerprint density at radius 2 is 1.91 bits per heavy atom. The quantitative estimate of drug-likeness (QED) is 0.604. The predicted molar refractivity (Wildman–Crippen MR) is 74.6 cm³/mol. The summed E-state index contributed by atoms with van der Waals surface area (Å²) in [6.45, 7) is -0.686. The highest BCUT2D eigenvalue weighted by atomic mass is 79.9. The van der Waals surface area contributed by atoms with Crippen molar-refractivity contribution in [3.63, 3.8) is 0 Å². The van der Waals surface area contributed by atoms with Crippen molar-refractivity contribution < 1.29 is 32.3 Å².